The Balaban J connectivity index is 1.84. The number of benzene rings is 3. The molecule has 0 saturated heterocycles. The Morgan fingerprint density at radius 1 is 0.719 bits per heavy atom. The molecule has 0 bridgehead atoms. The Bertz CT molecular complexity index is 1130. The van der Waals surface area contributed by atoms with E-state index in [0.717, 1.165) is 17.1 Å². The maximum atomic E-state index is 5.10. The average molecular weight is 424 g/mol. The molecule has 32 heavy (non-hydrogen) atoms. The summed E-state index contributed by atoms with van der Waals surface area (Å²) in [6.45, 7) is 9.04. The fraction of sp³-hybridized carbons (Fsp3) is 0.276. The molecule has 0 radical (unpaired) electrons. The fourth-order valence-corrected chi connectivity index (χ4v) is 4.30. The highest BCUT2D eigenvalue weighted by Gasteiger charge is 2.23. The van der Waals surface area contributed by atoms with Crippen LogP contribution < -0.4 is 5.32 Å². The summed E-state index contributed by atoms with van der Waals surface area (Å²) in [5.41, 5.74) is 7.24. The van der Waals surface area contributed by atoms with Crippen LogP contribution in [0.15, 0.2) is 85.1 Å². The zero-order chi connectivity index (χ0) is 22.7. The van der Waals surface area contributed by atoms with E-state index in [2.05, 4.69) is 124 Å². The van der Waals surface area contributed by atoms with Crippen molar-refractivity contribution in [2.45, 2.75) is 45.6 Å². The van der Waals surface area contributed by atoms with Crippen molar-refractivity contribution in [2.75, 3.05) is 5.32 Å². The number of rotatable bonds is 7. The highest BCUT2D eigenvalue weighted by molar-refractivity contribution is 5.63. The van der Waals surface area contributed by atoms with Crippen molar-refractivity contribution in [3.8, 4) is 11.3 Å². The van der Waals surface area contributed by atoms with Crippen molar-refractivity contribution in [3.63, 3.8) is 0 Å². The first kappa shape index (κ1) is 21.9. The van der Waals surface area contributed by atoms with Crippen LogP contribution in [-0.2, 0) is 7.05 Å². The lowest BCUT2D eigenvalue weighted by Crippen LogP contribution is -2.19. The predicted molar refractivity (Wildman–Crippen MR) is 135 cm³/mol. The van der Waals surface area contributed by atoms with Gasteiger partial charge in [-0.25, -0.2) is 4.98 Å². The summed E-state index contributed by atoms with van der Waals surface area (Å²) in [4.78, 5) is 5.10. The SMILES string of the molecule is CC(C)c1cccc(C(C)C)c1NC(c1ccccc1)c1nc(-c2ccccc2)cn1C. The van der Waals surface area contributed by atoms with Crippen LogP contribution in [-0.4, -0.2) is 9.55 Å². The minimum Gasteiger partial charge on any atom is -0.371 e. The Kier molecular flexibility index (Phi) is 6.45. The fourth-order valence-electron chi connectivity index (χ4n) is 4.30. The number of hydrogen-bond acceptors (Lipinski definition) is 2. The third-order valence-corrected chi connectivity index (χ3v) is 6.03. The molecule has 4 aromatic rings. The second-order valence-corrected chi connectivity index (χ2v) is 9.07. The molecule has 3 nitrogen and oxygen atoms in total. The number of aryl methyl sites for hydroxylation is 1. The van der Waals surface area contributed by atoms with E-state index in [4.69, 9.17) is 4.98 Å². The first-order valence-corrected chi connectivity index (χ1v) is 11.5. The van der Waals surface area contributed by atoms with Crippen LogP contribution in [0.2, 0.25) is 0 Å². The van der Waals surface area contributed by atoms with Gasteiger partial charge in [-0.3, -0.25) is 0 Å². The van der Waals surface area contributed by atoms with Crippen LogP contribution in [0.25, 0.3) is 11.3 Å². The topological polar surface area (TPSA) is 29.9 Å². The molecule has 1 heterocycles. The highest BCUT2D eigenvalue weighted by Crippen LogP contribution is 2.37. The van der Waals surface area contributed by atoms with Gasteiger partial charge in [0.2, 0.25) is 0 Å². The molecule has 1 atom stereocenters. The highest BCUT2D eigenvalue weighted by atomic mass is 15.1. The van der Waals surface area contributed by atoms with Crippen molar-refractivity contribution in [2.24, 2.45) is 7.05 Å². The van der Waals surface area contributed by atoms with Crippen molar-refractivity contribution < 1.29 is 0 Å². The molecule has 0 amide bonds. The lowest BCUT2D eigenvalue weighted by Gasteiger charge is -2.26. The molecule has 3 heteroatoms. The number of anilines is 1. The van der Waals surface area contributed by atoms with Crippen molar-refractivity contribution in [1.82, 2.24) is 9.55 Å². The zero-order valence-corrected chi connectivity index (χ0v) is 19.7. The van der Waals surface area contributed by atoms with E-state index in [9.17, 15) is 0 Å². The molecule has 0 aliphatic carbocycles. The number of imidazole rings is 1. The molecule has 0 fully saturated rings. The van der Waals surface area contributed by atoms with Gasteiger partial charge in [0.05, 0.1) is 5.69 Å². The third kappa shape index (κ3) is 4.47. The molecule has 0 aliphatic heterocycles. The Labute approximate surface area is 192 Å². The molecule has 0 saturated carbocycles. The van der Waals surface area contributed by atoms with Gasteiger partial charge in [-0.2, -0.15) is 0 Å². The van der Waals surface area contributed by atoms with Crippen molar-refractivity contribution >= 4 is 5.69 Å². The molecular formula is C29H33N3. The van der Waals surface area contributed by atoms with E-state index in [1.807, 2.05) is 6.07 Å². The maximum absolute atomic E-state index is 5.10. The summed E-state index contributed by atoms with van der Waals surface area (Å²) in [7, 11) is 2.09. The smallest absolute Gasteiger partial charge is 0.136 e. The van der Waals surface area contributed by atoms with Gasteiger partial charge in [-0.1, -0.05) is 107 Å². The van der Waals surface area contributed by atoms with Crippen LogP contribution in [0.5, 0.6) is 0 Å². The van der Waals surface area contributed by atoms with E-state index in [0.29, 0.717) is 11.8 Å². The Hall–Kier alpha value is -3.33. The first-order chi connectivity index (χ1) is 15.5. The normalized spacial score (nSPS) is 12.3. The molecule has 3 aromatic carbocycles. The van der Waals surface area contributed by atoms with Gasteiger partial charge in [0.25, 0.3) is 0 Å². The quantitative estimate of drug-likeness (QED) is 0.333. The standard InChI is InChI=1S/C29H33N3/c1-20(2)24-17-12-18-25(21(3)4)28(24)31-27(23-15-10-7-11-16-23)29-30-26(19-32(29)5)22-13-8-6-9-14-22/h6-21,27,31H,1-5H3. The van der Waals surface area contributed by atoms with Gasteiger partial charge in [-0.15, -0.1) is 0 Å². The molecule has 1 aromatic heterocycles. The number of nitrogens with one attached hydrogen (secondary N) is 1. The maximum Gasteiger partial charge on any atom is 0.136 e. The molecule has 4 rings (SSSR count). The van der Waals surface area contributed by atoms with Crippen LogP contribution in [0.3, 0.4) is 0 Å². The molecule has 0 spiro atoms. The number of nitrogens with zero attached hydrogens (tertiary/aromatic N) is 2. The molecule has 164 valence electrons. The van der Waals surface area contributed by atoms with Crippen LogP contribution >= 0.6 is 0 Å². The summed E-state index contributed by atoms with van der Waals surface area (Å²) in [6, 6.07) is 27.6. The first-order valence-electron chi connectivity index (χ1n) is 11.5. The number of aromatic nitrogens is 2. The van der Waals surface area contributed by atoms with Crippen molar-refractivity contribution in [3.05, 3.63) is 108 Å². The lowest BCUT2D eigenvalue weighted by atomic mass is 9.91. The minimum atomic E-state index is -0.0592. The molecule has 1 unspecified atom stereocenters. The zero-order valence-electron chi connectivity index (χ0n) is 19.7. The number of para-hydroxylation sites is 1. The average Bonchev–Trinajstić information content (AvgIpc) is 3.19. The number of hydrogen-bond donors (Lipinski definition) is 1. The van der Waals surface area contributed by atoms with Gasteiger partial charge in [0, 0.05) is 24.5 Å². The van der Waals surface area contributed by atoms with E-state index in [-0.39, 0.29) is 6.04 Å². The van der Waals surface area contributed by atoms with Gasteiger partial charge in [-0.05, 0) is 28.5 Å². The van der Waals surface area contributed by atoms with E-state index >= 15 is 0 Å². The molecule has 1 N–H and O–H groups in total. The van der Waals surface area contributed by atoms with Crippen LogP contribution in [0, 0.1) is 0 Å². The van der Waals surface area contributed by atoms with Gasteiger partial charge in [0.1, 0.15) is 11.9 Å². The monoisotopic (exact) mass is 423 g/mol. The second-order valence-electron chi connectivity index (χ2n) is 9.07. The summed E-state index contributed by atoms with van der Waals surface area (Å²) >= 11 is 0. The van der Waals surface area contributed by atoms with Gasteiger partial charge in [0.15, 0.2) is 0 Å². The third-order valence-electron chi connectivity index (χ3n) is 6.03. The lowest BCUT2D eigenvalue weighted by molar-refractivity contribution is 0.740. The predicted octanol–water partition coefficient (Wildman–Crippen LogP) is 7.54. The van der Waals surface area contributed by atoms with Gasteiger partial charge < -0.3 is 9.88 Å². The van der Waals surface area contributed by atoms with Crippen molar-refractivity contribution in [1.29, 1.82) is 0 Å². The van der Waals surface area contributed by atoms with Gasteiger partial charge >= 0.3 is 0 Å². The van der Waals surface area contributed by atoms with E-state index < -0.39 is 0 Å². The van der Waals surface area contributed by atoms with E-state index in [1.165, 1.54) is 22.4 Å². The van der Waals surface area contributed by atoms with Crippen LogP contribution in [0.1, 0.15) is 68.1 Å². The summed E-state index contributed by atoms with van der Waals surface area (Å²) in [6.07, 6.45) is 2.12. The summed E-state index contributed by atoms with van der Waals surface area (Å²) in [5, 5.41) is 3.93. The largest absolute Gasteiger partial charge is 0.371 e. The Morgan fingerprint density at radius 3 is 1.84 bits per heavy atom. The minimum absolute atomic E-state index is 0.0592. The second kappa shape index (κ2) is 9.44. The molecular weight excluding hydrogens is 390 g/mol. The molecule has 0 aliphatic rings. The summed E-state index contributed by atoms with van der Waals surface area (Å²) < 4.78 is 2.15. The summed E-state index contributed by atoms with van der Waals surface area (Å²) in [5.74, 6) is 1.85. The van der Waals surface area contributed by atoms with E-state index in [1.54, 1.807) is 0 Å². The van der Waals surface area contributed by atoms with Crippen LogP contribution in [0.4, 0.5) is 5.69 Å². The Morgan fingerprint density at radius 2 is 1.28 bits per heavy atom.